The van der Waals surface area contributed by atoms with Gasteiger partial charge in [0.15, 0.2) is 0 Å². The van der Waals surface area contributed by atoms with Gasteiger partial charge in [-0.3, -0.25) is 15.6 Å². The van der Waals surface area contributed by atoms with Crippen LogP contribution in [-0.4, -0.2) is 38.2 Å². The molecule has 5 N–H and O–H groups in total. The largest absolute Gasteiger partial charge is 0.351 e. The van der Waals surface area contributed by atoms with E-state index in [1.54, 1.807) is 19.9 Å². The van der Waals surface area contributed by atoms with E-state index in [1.165, 1.54) is 6.20 Å². The summed E-state index contributed by atoms with van der Waals surface area (Å²) < 4.78 is 25.2. The van der Waals surface area contributed by atoms with Crippen molar-refractivity contribution < 1.29 is 13.2 Å². The lowest BCUT2D eigenvalue weighted by atomic mass is 10.2. The van der Waals surface area contributed by atoms with Crippen LogP contribution in [0.15, 0.2) is 12.3 Å². The first-order chi connectivity index (χ1) is 9.39. The van der Waals surface area contributed by atoms with E-state index in [0.29, 0.717) is 17.9 Å². The summed E-state index contributed by atoms with van der Waals surface area (Å²) >= 11 is 0. The zero-order valence-electron chi connectivity index (χ0n) is 11.4. The molecule has 1 heterocycles. The maximum Gasteiger partial charge on any atom is 0.255 e. The summed E-state index contributed by atoms with van der Waals surface area (Å²) in [5, 5.41) is 2.51. The van der Waals surface area contributed by atoms with Crippen LogP contribution in [0.25, 0.3) is 0 Å². The third-order valence-electron chi connectivity index (χ3n) is 2.46. The minimum atomic E-state index is -3.35. The van der Waals surface area contributed by atoms with Crippen LogP contribution in [0.1, 0.15) is 23.0 Å². The van der Waals surface area contributed by atoms with Crippen molar-refractivity contribution in [1.29, 1.82) is 0 Å². The molecule has 0 saturated heterocycles. The Morgan fingerprint density at radius 1 is 1.45 bits per heavy atom. The van der Waals surface area contributed by atoms with E-state index in [9.17, 15) is 13.2 Å². The third-order valence-corrected chi connectivity index (χ3v) is 3.93. The van der Waals surface area contributed by atoms with Gasteiger partial charge in [0.1, 0.15) is 0 Å². The minimum absolute atomic E-state index is 0.00601. The molecule has 0 spiro atoms. The molecule has 9 heteroatoms. The van der Waals surface area contributed by atoms with Crippen LogP contribution in [0.5, 0.6) is 0 Å². The average Bonchev–Trinajstić information content (AvgIpc) is 2.37. The van der Waals surface area contributed by atoms with E-state index in [2.05, 4.69) is 20.4 Å². The highest BCUT2D eigenvalue weighted by atomic mass is 32.2. The van der Waals surface area contributed by atoms with Gasteiger partial charge < -0.3 is 10.7 Å². The van der Waals surface area contributed by atoms with E-state index in [-0.39, 0.29) is 17.9 Å². The number of aryl methyl sites for hydroxylation is 1. The number of carbonyl (C=O) groups excluding carboxylic acids is 1. The van der Waals surface area contributed by atoms with Crippen LogP contribution in [0.2, 0.25) is 0 Å². The first kappa shape index (κ1) is 16.3. The molecule has 1 aromatic heterocycles. The molecule has 8 nitrogen and oxygen atoms in total. The van der Waals surface area contributed by atoms with Gasteiger partial charge in [0.2, 0.25) is 10.0 Å². The molecule has 0 radical (unpaired) electrons. The summed E-state index contributed by atoms with van der Waals surface area (Å²) in [5.74, 6) is 4.71. The second-order valence-corrected chi connectivity index (χ2v) is 6.01. The monoisotopic (exact) mass is 301 g/mol. The van der Waals surface area contributed by atoms with Gasteiger partial charge in [-0.1, -0.05) is 6.92 Å². The van der Waals surface area contributed by atoms with Crippen molar-refractivity contribution in [1.82, 2.24) is 15.0 Å². The molecule has 0 bridgehead atoms. The van der Waals surface area contributed by atoms with E-state index < -0.39 is 15.9 Å². The maximum atomic E-state index is 11.9. The van der Waals surface area contributed by atoms with Crippen LogP contribution in [0, 0.1) is 6.92 Å². The highest BCUT2D eigenvalue weighted by molar-refractivity contribution is 7.89. The molecule has 20 heavy (non-hydrogen) atoms. The van der Waals surface area contributed by atoms with Crippen LogP contribution < -0.4 is 21.3 Å². The predicted molar refractivity (Wildman–Crippen MR) is 76.6 cm³/mol. The Kier molecular flexibility index (Phi) is 5.86. The Morgan fingerprint density at radius 3 is 2.75 bits per heavy atom. The molecule has 0 saturated carbocycles. The number of nitrogen functional groups attached to an aromatic ring is 1. The number of hydrogen-bond acceptors (Lipinski definition) is 6. The number of rotatable bonds is 7. The van der Waals surface area contributed by atoms with Crippen molar-refractivity contribution in [2.24, 2.45) is 5.84 Å². The summed E-state index contributed by atoms with van der Waals surface area (Å²) in [4.78, 5) is 15.9. The third kappa shape index (κ3) is 4.76. The lowest BCUT2D eigenvalue weighted by Gasteiger charge is -2.10. The Balaban J connectivity index is 2.64. The molecule has 0 aliphatic carbocycles. The molecule has 1 aromatic rings. The molecule has 112 valence electrons. The molecular formula is C11H19N5O3S. The fourth-order valence-corrected chi connectivity index (χ4v) is 2.50. The fourth-order valence-electron chi connectivity index (χ4n) is 1.55. The zero-order chi connectivity index (χ0) is 15.2. The van der Waals surface area contributed by atoms with Gasteiger partial charge in [0.25, 0.3) is 5.91 Å². The van der Waals surface area contributed by atoms with Gasteiger partial charge in [0, 0.05) is 25.0 Å². The molecule has 1 rings (SSSR count). The highest BCUT2D eigenvalue weighted by Gasteiger charge is 2.13. The van der Waals surface area contributed by atoms with Crippen LogP contribution in [0.3, 0.4) is 0 Å². The van der Waals surface area contributed by atoms with Crippen LogP contribution >= 0.6 is 0 Å². The summed E-state index contributed by atoms with van der Waals surface area (Å²) in [5.41, 5.74) is 3.82. The van der Waals surface area contributed by atoms with E-state index in [1.807, 2.05) is 0 Å². The Hall–Kier alpha value is -1.71. The molecule has 0 aromatic carbocycles. The Labute approximate surface area is 118 Å². The summed E-state index contributed by atoms with van der Waals surface area (Å²) in [6.07, 6.45) is 1.39. The SMILES string of the molecule is CCNS(=O)(=O)CCNC(=O)c1cnc(C)cc1NN. The number of nitrogens with zero attached hydrogens (tertiary/aromatic N) is 1. The standard InChI is InChI=1S/C11H19N5O3S/c1-3-15-20(18,19)5-4-13-11(17)9-7-14-8(2)6-10(9)16-12/h6-7,15H,3-5,12H2,1-2H3,(H,13,17)(H,14,16). The number of carbonyl (C=O) groups is 1. The highest BCUT2D eigenvalue weighted by Crippen LogP contribution is 2.13. The first-order valence-electron chi connectivity index (χ1n) is 6.08. The number of nitrogens with one attached hydrogen (secondary N) is 3. The molecule has 0 unspecified atom stereocenters. The number of aromatic nitrogens is 1. The lowest BCUT2D eigenvalue weighted by molar-refractivity contribution is 0.0956. The maximum absolute atomic E-state index is 11.9. The Morgan fingerprint density at radius 2 is 2.15 bits per heavy atom. The van der Waals surface area contributed by atoms with Crippen LogP contribution in [-0.2, 0) is 10.0 Å². The Bertz CT molecular complexity index is 573. The van der Waals surface area contributed by atoms with Crippen molar-refractivity contribution in [2.45, 2.75) is 13.8 Å². The van der Waals surface area contributed by atoms with E-state index >= 15 is 0 Å². The summed E-state index contributed by atoms with van der Waals surface area (Å²) in [7, 11) is -3.35. The number of sulfonamides is 1. The topological polar surface area (TPSA) is 126 Å². The number of amides is 1. The minimum Gasteiger partial charge on any atom is -0.351 e. The quantitative estimate of drug-likeness (QED) is 0.391. The number of hydrogen-bond donors (Lipinski definition) is 4. The van der Waals surface area contributed by atoms with E-state index in [4.69, 9.17) is 5.84 Å². The van der Waals surface area contributed by atoms with Crippen molar-refractivity contribution in [2.75, 3.05) is 24.3 Å². The van der Waals surface area contributed by atoms with Crippen molar-refractivity contribution in [3.8, 4) is 0 Å². The fraction of sp³-hybridized carbons (Fsp3) is 0.455. The predicted octanol–water partition coefficient (Wildman–Crippen LogP) is -0.655. The second kappa shape index (κ2) is 7.17. The first-order valence-corrected chi connectivity index (χ1v) is 7.73. The van der Waals surface area contributed by atoms with Crippen molar-refractivity contribution in [3.05, 3.63) is 23.5 Å². The molecule has 0 fully saturated rings. The van der Waals surface area contributed by atoms with Crippen molar-refractivity contribution >= 4 is 21.6 Å². The van der Waals surface area contributed by atoms with Gasteiger partial charge >= 0.3 is 0 Å². The molecule has 0 aliphatic rings. The van der Waals surface area contributed by atoms with Crippen LogP contribution in [0.4, 0.5) is 5.69 Å². The molecule has 0 aliphatic heterocycles. The second-order valence-electron chi connectivity index (χ2n) is 4.09. The van der Waals surface area contributed by atoms with Crippen molar-refractivity contribution in [3.63, 3.8) is 0 Å². The molecule has 1 amide bonds. The molecule has 0 atom stereocenters. The number of pyridine rings is 1. The van der Waals surface area contributed by atoms with Gasteiger partial charge in [-0.15, -0.1) is 0 Å². The van der Waals surface area contributed by atoms with E-state index in [0.717, 1.165) is 0 Å². The summed E-state index contributed by atoms with van der Waals surface area (Å²) in [6, 6.07) is 1.63. The smallest absolute Gasteiger partial charge is 0.255 e. The normalized spacial score (nSPS) is 11.2. The lowest BCUT2D eigenvalue weighted by Crippen LogP contribution is -2.34. The van der Waals surface area contributed by atoms with Gasteiger partial charge in [0.05, 0.1) is 17.0 Å². The number of anilines is 1. The van der Waals surface area contributed by atoms with Gasteiger partial charge in [-0.05, 0) is 13.0 Å². The average molecular weight is 301 g/mol. The molecular weight excluding hydrogens is 282 g/mol. The zero-order valence-corrected chi connectivity index (χ0v) is 12.3. The van der Waals surface area contributed by atoms with Gasteiger partial charge in [-0.25, -0.2) is 13.1 Å². The summed E-state index contributed by atoms with van der Waals surface area (Å²) in [6.45, 7) is 3.78. The number of hydrazine groups is 1. The number of nitrogens with two attached hydrogens (primary N) is 1. The van der Waals surface area contributed by atoms with Gasteiger partial charge in [-0.2, -0.15) is 0 Å².